The zero-order valence-corrected chi connectivity index (χ0v) is 8.42. The number of ether oxygens (including phenoxy) is 1. The number of hydrogen-bond donors (Lipinski definition) is 0. The number of ketones is 1. The van der Waals surface area contributed by atoms with E-state index in [1.165, 1.54) is 0 Å². The molecule has 0 heterocycles. The molecule has 0 spiro atoms. The van der Waals surface area contributed by atoms with Crippen molar-refractivity contribution >= 4 is 12.3 Å². The van der Waals surface area contributed by atoms with Crippen molar-refractivity contribution in [3.05, 3.63) is 0 Å². The Morgan fingerprint density at radius 2 is 1.92 bits per heavy atom. The third kappa shape index (κ3) is 1.74. The fourth-order valence-corrected chi connectivity index (χ4v) is 2.03. The standard InChI is InChI=1S/C10H16O3/c1-9(2)5-4-6-10(3,8(9)12)13-7-11/h7H,4-6H2,1-3H3. The van der Waals surface area contributed by atoms with Crippen LogP contribution < -0.4 is 0 Å². The second kappa shape index (κ2) is 3.13. The zero-order valence-electron chi connectivity index (χ0n) is 8.42. The maximum Gasteiger partial charge on any atom is 0.294 e. The number of hydrogen-bond acceptors (Lipinski definition) is 3. The smallest absolute Gasteiger partial charge is 0.294 e. The molecule has 1 aliphatic rings. The lowest BCUT2D eigenvalue weighted by Gasteiger charge is -2.39. The van der Waals surface area contributed by atoms with Crippen molar-refractivity contribution in [2.24, 2.45) is 5.41 Å². The first-order valence-corrected chi connectivity index (χ1v) is 4.59. The van der Waals surface area contributed by atoms with Crippen LogP contribution >= 0.6 is 0 Å². The monoisotopic (exact) mass is 184 g/mol. The first-order valence-electron chi connectivity index (χ1n) is 4.59. The molecule has 0 aromatic rings. The van der Waals surface area contributed by atoms with Crippen molar-refractivity contribution in [2.75, 3.05) is 0 Å². The van der Waals surface area contributed by atoms with Gasteiger partial charge in [-0.2, -0.15) is 0 Å². The van der Waals surface area contributed by atoms with Gasteiger partial charge in [-0.25, -0.2) is 0 Å². The van der Waals surface area contributed by atoms with Crippen molar-refractivity contribution in [3.63, 3.8) is 0 Å². The van der Waals surface area contributed by atoms with E-state index >= 15 is 0 Å². The molecule has 0 aliphatic heterocycles. The summed E-state index contributed by atoms with van der Waals surface area (Å²) in [4.78, 5) is 22.1. The quantitative estimate of drug-likeness (QED) is 0.613. The highest BCUT2D eigenvalue weighted by Crippen LogP contribution is 2.39. The predicted octanol–water partition coefficient (Wildman–Crippen LogP) is 1.70. The number of carbonyl (C=O) groups is 2. The van der Waals surface area contributed by atoms with E-state index in [9.17, 15) is 9.59 Å². The van der Waals surface area contributed by atoms with Gasteiger partial charge < -0.3 is 4.74 Å². The van der Waals surface area contributed by atoms with Crippen LogP contribution in [0.25, 0.3) is 0 Å². The number of rotatable bonds is 2. The van der Waals surface area contributed by atoms with Crippen LogP contribution in [0.5, 0.6) is 0 Å². The molecule has 1 atom stereocenters. The first-order chi connectivity index (χ1) is 5.92. The lowest BCUT2D eigenvalue weighted by molar-refractivity contribution is -0.164. The van der Waals surface area contributed by atoms with E-state index in [2.05, 4.69) is 0 Å². The summed E-state index contributed by atoms with van der Waals surface area (Å²) in [6, 6.07) is 0. The highest BCUT2D eigenvalue weighted by Gasteiger charge is 2.47. The van der Waals surface area contributed by atoms with Gasteiger partial charge in [0, 0.05) is 5.41 Å². The van der Waals surface area contributed by atoms with Crippen LogP contribution in [-0.2, 0) is 14.3 Å². The van der Waals surface area contributed by atoms with Gasteiger partial charge in [0.05, 0.1) is 0 Å². The zero-order chi connectivity index (χ0) is 10.1. The second-order valence-electron chi connectivity index (χ2n) is 4.51. The van der Waals surface area contributed by atoms with Crippen LogP contribution in [0.2, 0.25) is 0 Å². The Balaban J connectivity index is 2.87. The third-order valence-electron chi connectivity index (χ3n) is 2.86. The third-order valence-corrected chi connectivity index (χ3v) is 2.86. The first kappa shape index (κ1) is 10.2. The Kier molecular flexibility index (Phi) is 2.46. The van der Waals surface area contributed by atoms with Gasteiger partial charge in [-0.1, -0.05) is 13.8 Å². The molecule has 1 saturated carbocycles. The maximum atomic E-state index is 11.9. The molecule has 1 rings (SSSR count). The fraction of sp³-hybridized carbons (Fsp3) is 0.800. The molecular formula is C10H16O3. The van der Waals surface area contributed by atoms with Crippen LogP contribution in [0, 0.1) is 5.41 Å². The Morgan fingerprint density at radius 1 is 1.31 bits per heavy atom. The van der Waals surface area contributed by atoms with Gasteiger partial charge in [-0.15, -0.1) is 0 Å². The molecule has 1 unspecified atom stereocenters. The van der Waals surface area contributed by atoms with Crippen LogP contribution in [0.3, 0.4) is 0 Å². The maximum absolute atomic E-state index is 11.9. The van der Waals surface area contributed by atoms with E-state index < -0.39 is 5.60 Å². The van der Waals surface area contributed by atoms with Gasteiger partial charge in [-0.05, 0) is 26.2 Å². The molecule has 3 nitrogen and oxygen atoms in total. The van der Waals surface area contributed by atoms with Crippen LogP contribution in [0.1, 0.15) is 40.0 Å². The van der Waals surface area contributed by atoms with E-state index in [1.54, 1.807) is 6.92 Å². The highest BCUT2D eigenvalue weighted by atomic mass is 16.5. The molecule has 13 heavy (non-hydrogen) atoms. The van der Waals surface area contributed by atoms with E-state index in [-0.39, 0.29) is 11.2 Å². The summed E-state index contributed by atoms with van der Waals surface area (Å²) < 4.78 is 4.89. The van der Waals surface area contributed by atoms with Gasteiger partial charge in [0.1, 0.15) is 0 Å². The molecule has 0 aromatic heterocycles. The summed E-state index contributed by atoms with van der Waals surface area (Å²) in [5.74, 6) is 0.0401. The van der Waals surface area contributed by atoms with Crippen molar-refractivity contribution in [2.45, 2.75) is 45.6 Å². The van der Waals surface area contributed by atoms with Crippen LogP contribution in [0.4, 0.5) is 0 Å². The summed E-state index contributed by atoms with van der Waals surface area (Å²) >= 11 is 0. The normalized spacial score (nSPS) is 32.7. The van der Waals surface area contributed by atoms with Crippen molar-refractivity contribution in [1.29, 1.82) is 0 Å². The Hall–Kier alpha value is -0.860. The number of carbonyl (C=O) groups excluding carboxylic acids is 2. The second-order valence-corrected chi connectivity index (χ2v) is 4.51. The minimum atomic E-state index is -0.885. The molecule has 0 aromatic carbocycles. The fourth-order valence-electron chi connectivity index (χ4n) is 2.03. The van der Waals surface area contributed by atoms with Gasteiger partial charge in [0.2, 0.25) is 0 Å². The Morgan fingerprint density at radius 3 is 2.46 bits per heavy atom. The summed E-state index contributed by atoms with van der Waals surface area (Å²) in [6.45, 7) is 5.88. The van der Waals surface area contributed by atoms with E-state index in [4.69, 9.17) is 4.74 Å². The lowest BCUT2D eigenvalue weighted by Crippen LogP contribution is -2.49. The van der Waals surface area contributed by atoms with E-state index in [0.717, 1.165) is 12.8 Å². The molecule has 3 heteroatoms. The molecule has 0 N–H and O–H groups in total. The largest absolute Gasteiger partial charge is 0.454 e. The van der Waals surface area contributed by atoms with Crippen LogP contribution in [0.15, 0.2) is 0 Å². The van der Waals surface area contributed by atoms with Gasteiger partial charge in [0.15, 0.2) is 11.4 Å². The molecule has 0 amide bonds. The molecule has 0 saturated heterocycles. The average molecular weight is 184 g/mol. The van der Waals surface area contributed by atoms with Gasteiger partial charge in [0.25, 0.3) is 6.47 Å². The minimum absolute atomic E-state index is 0.0401. The van der Waals surface area contributed by atoms with Gasteiger partial charge in [-0.3, -0.25) is 9.59 Å². The molecule has 0 radical (unpaired) electrons. The van der Waals surface area contributed by atoms with Crippen molar-refractivity contribution in [3.8, 4) is 0 Å². The SMILES string of the molecule is CC1(C)CCCC(C)(OC=O)C1=O. The van der Waals surface area contributed by atoms with Crippen molar-refractivity contribution in [1.82, 2.24) is 0 Å². The van der Waals surface area contributed by atoms with E-state index in [1.807, 2.05) is 13.8 Å². The molecule has 0 bridgehead atoms. The van der Waals surface area contributed by atoms with Crippen LogP contribution in [-0.4, -0.2) is 17.9 Å². The van der Waals surface area contributed by atoms with Crippen molar-refractivity contribution < 1.29 is 14.3 Å². The minimum Gasteiger partial charge on any atom is -0.454 e. The highest BCUT2D eigenvalue weighted by molar-refractivity contribution is 5.93. The predicted molar refractivity (Wildman–Crippen MR) is 48.2 cm³/mol. The topological polar surface area (TPSA) is 43.4 Å². The molecular weight excluding hydrogens is 168 g/mol. The van der Waals surface area contributed by atoms with E-state index in [0.29, 0.717) is 12.9 Å². The summed E-state index contributed by atoms with van der Waals surface area (Å²) in [5, 5.41) is 0. The molecule has 1 aliphatic carbocycles. The molecule has 74 valence electrons. The Bertz CT molecular complexity index is 232. The van der Waals surface area contributed by atoms with Gasteiger partial charge >= 0.3 is 0 Å². The summed E-state index contributed by atoms with van der Waals surface area (Å²) in [7, 11) is 0. The number of Topliss-reactive ketones (excluding diaryl/α,β-unsaturated/α-hetero) is 1. The summed E-state index contributed by atoms with van der Waals surface area (Å²) in [5.41, 5.74) is -1.24. The summed E-state index contributed by atoms with van der Waals surface area (Å²) in [6.07, 6.45) is 2.46. The average Bonchev–Trinajstić information content (AvgIpc) is 2.01. The Labute approximate surface area is 78.5 Å². The molecule has 1 fully saturated rings. The lowest BCUT2D eigenvalue weighted by atomic mass is 9.69.